The second-order valence-corrected chi connectivity index (χ2v) is 11.4. The van der Waals surface area contributed by atoms with Gasteiger partial charge in [-0.2, -0.15) is 0 Å². The van der Waals surface area contributed by atoms with Crippen LogP contribution < -0.4 is 4.74 Å². The Morgan fingerprint density at radius 3 is 2.51 bits per heavy atom. The van der Waals surface area contributed by atoms with Crippen LogP contribution in [-0.4, -0.2) is 17.8 Å². The zero-order valence-corrected chi connectivity index (χ0v) is 23.2. The molecule has 2 atom stereocenters. The van der Waals surface area contributed by atoms with Gasteiger partial charge in [-0.05, 0) is 111 Å². The summed E-state index contributed by atoms with van der Waals surface area (Å²) >= 11 is 0. The molecule has 0 aromatic heterocycles. The van der Waals surface area contributed by atoms with Crippen molar-refractivity contribution in [2.45, 2.75) is 96.0 Å². The third-order valence-electron chi connectivity index (χ3n) is 8.76. The van der Waals surface area contributed by atoms with Crippen LogP contribution in [0.25, 0.3) is 5.57 Å². The van der Waals surface area contributed by atoms with E-state index >= 15 is 8.78 Å². The fraction of sp³-hybridized carbons (Fsp3) is 0.529. The molecular weight excluding hydrogens is 497 g/mol. The minimum atomic E-state index is -0.748. The van der Waals surface area contributed by atoms with Crippen LogP contribution in [-0.2, 0) is 6.42 Å². The lowest BCUT2D eigenvalue weighted by Gasteiger charge is -2.29. The van der Waals surface area contributed by atoms with Gasteiger partial charge in [-0.3, -0.25) is 0 Å². The minimum absolute atomic E-state index is 0.184. The Labute approximate surface area is 232 Å². The number of halogens is 3. The highest BCUT2D eigenvalue weighted by molar-refractivity contribution is 5.67. The van der Waals surface area contributed by atoms with Crippen LogP contribution in [0.15, 0.2) is 49.1 Å². The van der Waals surface area contributed by atoms with E-state index in [0.717, 1.165) is 68.9 Å². The highest BCUT2D eigenvalue weighted by Crippen LogP contribution is 2.40. The van der Waals surface area contributed by atoms with E-state index in [-0.39, 0.29) is 23.8 Å². The Kier molecular flexibility index (Phi) is 10.7. The molecule has 212 valence electrons. The SMILES string of the molecule is C=CCCOc1ccc(C2CCC(CCc3ccc(C4=CCC(C(O)CCC)CC4)c(F)c3F)CC2)c(F)c1. The summed E-state index contributed by atoms with van der Waals surface area (Å²) in [4.78, 5) is 0. The molecule has 2 unspecified atom stereocenters. The molecule has 4 rings (SSSR count). The first-order valence-electron chi connectivity index (χ1n) is 14.8. The molecule has 1 saturated carbocycles. The van der Waals surface area contributed by atoms with Crippen LogP contribution in [0.5, 0.6) is 5.75 Å². The van der Waals surface area contributed by atoms with Crippen molar-refractivity contribution in [2.24, 2.45) is 11.8 Å². The highest BCUT2D eigenvalue weighted by Gasteiger charge is 2.26. The number of allylic oxidation sites excluding steroid dienone is 2. The summed E-state index contributed by atoms with van der Waals surface area (Å²) in [5, 5.41) is 10.3. The third kappa shape index (κ3) is 7.57. The summed E-state index contributed by atoms with van der Waals surface area (Å²) in [5.41, 5.74) is 2.39. The largest absolute Gasteiger partial charge is 0.493 e. The van der Waals surface area contributed by atoms with Gasteiger partial charge in [-0.25, -0.2) is 13.2 Å². The summed E-state index contributed by atoms with van der Waals surface area (Å²) in [6, 6.07) is 8.63. The fourth-order valence-electron chi connectivity index (χ4n) is 6.32. The highest BCUT2D eigenvalue weighted by atomic mass is 19.2. The standard InChI is InChI=1S/C34H43F3O2/c1-3-5-21-39-28-18-20-29(31(35)22-28)24-10-7-23(8-11-24)9-12-27-17-19-30(34(37)33(27)36)25-13-15-26(16-14-25)32(38)6-4-2/h3,13,17-20,22-24,26,32,38H,1,4-12,14-16,21H2,2H3. The lowest BCUT2D eigenvalue weighted by molar-refractivity contribution is 0.0934. The molecule has 1 fully saturated rings. The molecule has 2 nitrogen and oxygen atoms in total. The molecule has 2 aliphatic carbocycles. The van der Waals surface area contributed by atoms with Crippen molar-refractivity contribution < 1.29 is 23.0 Å². The Bertz CT molecular complexity index is 1130. The molecule has 0 aliphatic heterocycles. The van der Waals surface area contributed by atoms with E-state index in [0.29, 0.717) is 48.7 Å². The van der Waals surface area contributed by atoms with Crippen LogP contribution in [0.2, 0.25) is 0 Å². The van der Waals surface area contributed by atoms with Gasteiger partial charge in [0.25, 0.3) is 0 Å². The van der Waals surface area contributed by atoms with Crippen molar-refractivity contribution >= 4 is 5.57 Å². The number of aliphatic hydroxyl groups is 1. The molecule has 39 heavy (non-hydrogen) atoms. The van der Waals surface area contributed by atoms with Crippen molar-refractivity contribution in [2.75, 3.05) is 6.61 Å². The normalized spacial score (nSPS) is 22.3. The zero-order chi connectivity index (χ0) is 27.8. The lowest BCUT2D eigenvalue weighted by Crippen LogP contribution is -2.22. The second kappa shape index (κ2) is 14.2. The van der Waals surface area contributed by atoms with E-state index in [9.17, 15) is 9.50 Å². The maximum absolute atomic E-state index is 15.1. The summed E-state index contributed by atoms with van der Waals surface area (Å²) in [6.45, 7) is 6.21. The van der Waals surface area contributed by atoms with Crippen molar-refractivity contribution in [3.63, 3.8) is 0 Å². The van der Waals surface area contributed by atoms with Crippen molar-refractivity contribution in [3.05, 3.63) is 83.2 Å². The molecule has 0 spiro atoms. The molecule has 5 heteroatoms. The van der Waals surface area contributed by atoms with Crippen molar-refractivity contribution in [1.82, 2.24) is 0 Å². The average Bonchev–Trinajstić information content (AvgIpc) is 2.95. The predicted molar refractivity (Wildman–Crippen MR) is 152 cm³/mol. The summed E-state index contributed by atoms with van der Waals surface area (Å²) in [7, 11) is 0. The third-order valence-corrected chi connectivity index (χ3v) is 8.76. The molecule has 2 aromatic rings. The number of hydrogen-bond donors (Lipinski definition) is 1. The van der Waals surface area contributed by atoms with E-state index in [1.807, 2.05) is 18.2 Å². The molecule has 1 N–H and O–H groups in total. The molecule has 2 aromatic carbocycles. The second-order valence-electron chi connectivity index (χ2n) is 11.4. The van der Waals surface area contributed by atoms with Crippen LogP contribution >= 0.6 is 0 Å². The number of aliphatic hydroxyl groups excluding tert-OH is 1. The van der Waals surface area contributed by atoms with Gasteiger partial charge >= 0.3 is 0 Å². The smallest absolute Gasteiger partial charge is 0.166 e. The van der Waals surface area contributed by atoms with E-state index in [1.165, 1.54) is 6.07 Å². The van der Waals surface area contributed by atoms with Gasteiger partial charge in [0.2, 0.25) is 0 Å². The predicted octanol–water partition coefficient (Wildman–Crippen LogP) is 9.31. The zero-order valence-electron chi connectivity index (χ0n) is 23.2. The first-order valence-corrected chi connectivity index (χ1v) is 14.8. The molecule has 0 amide bonds. The quantitative estimate of drug-likeness (QED) is 0.215. The van der Waals surface area contributed by atoms with Gasteiger partial charge in [0, 0.05) is 11.6 Å². The molecule has 0 heterocycles. The van der Waals surface area contributed by atoms with Crippen LogP contribution in [0.3, 0.4) is 0 Å². The lowest BCUT2D eigenvalue weighted by atomic mass is 9.76. The van der Waals surface area contributed by atoms with Gasteiger partial charge in [-0.1, -0.05) is 43.7 Å². The number of ether oxygens (including phenoxy) is 1. The molecule has 0 radical (unpaired) electrons. The fourth-order valence-corrected chi connectivity index (χ4v) is 6.32. The summed E-state index contributed by atoms with van der Waals surface area (Å²) in [5.74, 6) is -0.332. The van der Waals surface area contributed by atoms with E-state index in [4.69, 9.17) is 4.74 Å². The van der Waals surface area contributed by atoms with Gasteiger partial charge in [0.15, 0.2) is 11.6 Å². The summed E-state index contributed by atoms with van der Waals surface area (Å²) < 4.78 is 50.4. The first-order chi connectivity index (χ1) is 18.9. The number of benzene rings is 2. The molecule has 0 bridgehead atoms. The van der Waals surface area contributed by atoms with Crippen molar-refractivity contribution in [1.29, 1.82) is 0 Å². The van der Waals surface area contributed by atoms with Gasteiger partial charge in [0.1, 0.15) is 11.6 Å². The minimum Gasteiger partial charge on any atom is -0.493 e. The first kappa shape index (κ1) is 29.5. The summed E-state index contributed by atoms with van der Waals surface area (Å²) in [6.07, 6.45) is 13.1. The molecular formula is C34H43F3O2. The van der Waals surface area contributed by atoms with Gasteiger partial charge < -0.3 is 9.84 Å². The number of rotatable bonds is 12. The topological polar surface area (TPSA) is 29.5 Å². The van der Waals surface area contributed by atoms with Crippen LogP contribution in [0.4, 0.5) is 13.2 Å². The maximum atomic E-state index is 15.1. The Hall–Kier alpha value is -2.53. The monoisotopic (exact) mass is 540 g/mol. The van der Waals surface area contributed by atoms with E-state index in [1.54, 1.807) is 18.2 Å². The van der Waals surface area contributed by atoms with E-state index in [2.05, 4.69) is 13.5 Å². The number of hydrogen-bond acceptors (Lipinski definition) is 2. The molecule has 2 aliphatic rings. The molecule has 0 saturated heterocycles. The van der Waals surface area contributed by atoms with Gasteiger partial charge in [-0.15, -0.1) is 6.58 Å². The van der Waals surface area contributed by atoms with Crippen LogP contribution in [0.1, 0.15) is 100 Å². The van der Waals surface area contributed by atoms with Crippen LogP contribution in [0, 0.1) is 29.3 Å². The van der Waals surface area contributed by atoms with Crippen molar-refractivity contribution in [3.8, 4) is 5.75 Å². The number of aryl methyl sites for hydroxylation is 1. The Morgan fingerprint density at radius 2 is 1.85 bits per heavy atom. The Balaban J connectivity index is 1.28. The Morgan fingerprint density at radius 1 is 1.05 bits per heavy atom. The van der Waals surface area contributed by atoms with E-state index < -0.39 is 11.6 Å². The maximum Gasteiger partial charge on any atom is 0.166 e. The average molecular weight is 541 g/mol. The van der Waals surface area contributed by atoms with Gasteiger partial charge in [0.05, 0.1) is 12.7 Å².